The van der Waals surface area contributed by atoms with Gasteiger partial charge in [0, 0.05) is 23.4 Å². The number of benzene rings is 1. The van der Waals surface area contributed by atoms with E-state index in [0.717, 1.165) is 11.3 Å². The van der Waals surface area contributed by atoms with E-state index in [9.17, 15) is 8.42 Å². The van der Waals surface area contributed by atoms with Gasteiger partial charge in [0.15, 0.2) is 0 Å². The van der Waals surface area contributed by atoms with E-state index in [2.05, 4.69) is 26.8 Å². The molecule has 0 atom stereocenters. The zero-order chi connectivity index (χ0) is 15.3. The number of nitrogens with two attached hydrogens (primary N) is 1. The van der Waals surface area contributed by atoms with Gasteiger partial charge in [0.1, 0.15) is 0 Å². The molecule has 0 bridgehead atoms. The molecule has 0 aliphatic carbocycles. The monoisotopic (exact) mass is 304 g/mol. The highest BCUT2D eigenvalue weighted by Crippen LogP contribution is 2.15. The maximum atomic E-state index is 12.4. The molecule has 0 saturated carbocycles. The predicted molar refractivity (Wildman–Crippen MR) is 79.7 cm³/mol. The molecule has 0 aliphatic rings. The van der Waals surface area contributed by atoms with Crippen molar-refractivity contribution >= 4 is 10.0 Å². The highest BCUT2D eigenvalue weighted by atomic mass is 32.2. The van der Waals surface area contributed by atoms with Crippen molar-refractivity contribution in [1.82, 2.24) is 14.9 Å². The summed E-state index contributed by atoms with van der Waals surface area (Å²) in [7, 11) is -3.65. The lowest BCUT2D eigenvalue weighted by molar-refractivity contribution is 0.581. The molecule has 0 amide bonds. The summed E-state index contributed by atoms with van der Waals surface area (Å²) in [6.07, 6.45) is 1.60. The van der Waals surface area contributed by atoms with Gasteiger partial charge >= 0.3 is 0 Å². The van der Waals surface area contributed by atoms with Gasteiger partial charge in [-0.2, -0.15) is 5.10 Å². The summed E-state index contributed by atoms with van der Waals surface area (Å²) in [5, 5.41) is 6.62. The Bertz CT molecular complexity index is 785. The molecule has 0 unspecified atom stereocenters. The van der Waals surface area contributed by atoms with Crippen molar-refractivity contribution in [1.29, 1.82) is 0 Å². The van der Waals surface area contributed by atoms with Crippen LogP contribution in [0.4, 0.5) is 0 Å². The Morgan fingerprint density at radius 3 is 2.81 bits per heavy atom. The molecular weight excluding hydrogens is 288 g/mol. The molecule has 21 heavy (non-hydrogen) atoms. The van der Waals surface area contributed by atoms with E-state index in [1.165, 1.54) is 6.07 Å². The summed E-state index contributed by atoms with van der Waals surface area (Å²) >= 11 is 0. The first kappa shape index (κ1) is 15.3. The molecule has 0 aliphatic heterocycles. The lowest BCUT2D eigenvalue weighted by Gasteiger charge is -2.08. The molecule has 4 N–H and O–H groups in total. The first-order valence-electron chi connectivity index (χ1n) is 6.31. The summed E-state index contributed by atoms with van der Waals surface area (Å²) in [4.78, 5) is 0.145. The van der Waals surface area contributed by atoms with E-state index in [1.807, 2.05) is 6.92 Å². The second-order valence-corrected chi connectivity index (χ2v) is 6.08. The standard InChI is InChI=1S/C14H16N4O2S/c1-11-13(9-16-18-11)10-17-21(19,20)14-7-3-2-5-12(14)6-4-8-15/h2-3,5,7,9,17H,8,10,15H2,1H3,(H,16,18). The van der Waals surface area contributed by atoms with Crippen LogP contribution in [0, 0.1) is 18.8 Å². The molecule has 110 valence electrons. The highest BCUT2D eigenvalue weighted by Gasteiger charge is 2.17. The fraction of sp³-hybridized carbons (Fsp3) is 0.214. The number of hydrogen-bond donors (Lipinski definition) is 3. The fourth-order valence-corrected chi connectivity index (χ4v) is 2.92. The Labute approximate surface area is 123 Å². The third-order valence-electron chi connectivity index (χ3n) is 2.89. The van der Waals surface area contributed by atoms with Crippen molar-refractivity contribution < 1.29 is 8.42 Å². The number of aromatic nitrogens is 2. The zero-order valence-corrected chi connectivity index (χ0v) is 12.4. The minimum Gasteiger partial charge on any atom is -0.320 e. The Balaban J connectivity index is 2.26. The van der Waals surface area contributed by atoms with Crippen LogP contribution in [0.15, 0.2) is 35.4 Å². The van der Waals surface area contributed by atoms with Gasteiger partial charge in [0.25, 0.3) is 0 Å². The maximum Gasteiger partial charge on any atom is 0.242 e. The van der Waals surface area contributed by atoms with Crippen LogP contribution in [-0.2, 0) is 16.6 Å². The molecule has 0 radical (unpaired) electrons. The van der Waals surface area contributed by atoms with Crippen LogP contribution in [0.1, 0.15) is 16.8 Å². The van der Waals surface area contributed by atoms with Gasteiger partial charge in [-0.3, -0.25) is 5.10 Å². The van der Waals surface area contributed by atoms with Crippen molar-refractivity contribution in [2.24, 2.45) is 5.73 Å². The second kappa shape index (κ2) is 6.54. The van der Waals surface area contributed by atoms with Gasteiger partial charge in [0.2, 0.25) is 10.0 Å². The molecule has 7 heteroatoms. The number of sulfonamides is 1. The number of nitrogens with one attached hydrogen (secondary N) is 2. The number of hydrogen-bond acceptors (Lipinski definition) is 4. The summed E-state index contributed by atoms with van der Waals surface area (Å²) < 4.78 is 27.3. The van der Waals surface area contributed by atoms with Gasteiger partial charge in [-0.15, -0.1) is 0 Å². The van der Waals surface area contributed by atoms with Gasteiger partial charge in [0.05, 0.1) is 17.6 Å². The van der Waals surface area contributed by atoms with Crippen molar-refractivity contribution in [3.63, 3.8) is 0 Å². The Morgan fingerprint density at radius 1 is 1.38 bits per heavy atom. The van der Waals surface area contributed by atoms with Crippen LogP contribution in [0.5, 0.6) is 0 Å². The van der Waals surface area contributed by atoms with E-state index in [1.54, 1.807) is 24.4 Å². The normalized spacial score (nSPS) is 11.0. The van der Waals surface area contributed by atoms with Crippen molar-refractivity contribution in [3.05, 3.63) is 47.3 Å². The summed E-state index contributed by atoms with van der Waals surface area (Å²) in [5.41, 5.74) is 7.38. The van der Waals surface area contributed by atoms with E-state index in [4.69, 9.17) is 5.73 Å². The molecule has 0 spiro atoms. The SMILES string of the molecule is Cc1[nH]ncc1CNS(=O)(=O)c1ccccc1C#CCN. The van der Waals surface area contributed by atoms with Gasteiger partial charge < -0.3 is 5.73 Å². The number of aryl methyl sites for hydroxylation is 1. The van der Waals surface area contributed by atoms with Gasteiger partial charge in [-0.1, -0.05) is 24.0 Å². The van der Waals surface area contributed by atoms with Crippen LogP contribution in [0.25, 0.3) is 0 Å². The topological polar surface area (TPSA) is 101 Å². The summed E-state index contributed by atoms with van der Waals surface area (Å²) in [6, 6.07) is 6.57. The molecule has 0 saturated heterocycles. The van der Waals surface area contributed by atoms with Crippen LogP contribution in [0.3, 0.4) is 0 Å². The highest BCUT2D eigenvalue weighted by molar-refractivity contribution is 7.89. The molecule has 1 aromatic heterocycles. The van der Waals surface area contributed by atoms with Gasteiger partial charge in [-0.25, -0.2) is 13.1 Å². The van der Waals surface area contributed by atoms with Crippen molar-refractivity contribution in [2.45, 2.75) is 18.4 Å². The van der Waals surface area contributed by atoms with Gasteiger partial charge in [-0.05, 0) is 19.1 Å². The van der Waals surface area contributed by atoms with E-state index >= 15 is 0 Å². The third-order valence-corrected chi connectivity index (χ3v) is 4.35. The average Bonchev–Trinajstić information content (AvgIpc) is 2.89. The molecule has 1 heterocycles. The molecule has 2 aromatic rings. The largest absolute Gasteiger partial charge is 0.320 e. The Hall–Kier alpha value is -2.14. The number of nitrogens with zero attached hydrogens (tertiary/aromatic N) is 1. The van der Waals surface area contributed by atoms with E-state index in [0.29, 0.717) is 5.56 Å². The van der Waals surface area contributed by atoms with Crippen LogP contribution in [-0.4, -0.2) is 25.2 Å². The number of rotatable bonds is 4. The molecule has 2 rings (SSSR count). The first-order valence-corrected chi connectivity index (χ1v) is 7.79. The molecule has 0 fully saturated rings. The minimum atomic E-state index is -3.65. The first-order chi connectivity index (χ1) is 10.0. The van der Waals surface area contributed by atoms with Crippen molar-refractivity contribution in [2.75, 3.05) is 6.54 Å². The maximum absolute atomic E-state index is 12.4. The number of aromatic amines is 1. The molecule has 6 nitrogen and oxygen atoms in total. The fourth-order valence-electron chi connectivity index (χ4n) is 1.75. The average molecular weight is 304 g/mol. The molecule has 1 aromatic carbocycles. The van der Waals surface area contributed by atoms with E-state index < -0.39 is 10.0 Å². The smallest absolute Gasteiger partial charge is 0.242 e. The van der Waals surface area contributed by atoms with Crippen LogP contribution >= 0.6 is 0 Å². The quantitative estimate of drug-likeness (QED) is 0.716. The third kappa shape index (κ3) is 3.70. The minimum absolute atomic E-state index is 0.145. The second-order valence-electron chi connectivity index (χ2n) is 4.35. The van der Waals surface area contributed by atoms with Crippen LogP contribution < -0.4 is 10.5 Å². The summed E-state index contributed by atoms with van der Waals surface area (Å²) in [5.74, 6) is 5.44. The number of H-pyrrole nitrogens is 1. The molecular formula is C14H16N4O2S. The summed E-state index contributed by atoms with van der Waals surface area (Å²) in [6.45, 7) is 2.18. The zero-order valence-electron chi connectivity index (χ0n) is 11.6. The lowest BCUT2D eigenvalue weighted by atomic mass is 10.2. The van der Waals surface area contributed by atoms with E-state index in [-0.39, 0.29) is 18.0 Å². The van der Waals surface area contributed by atoms with Crippen LogP contribution in [0.2, 0.25) is 0 Å². The predicted octanol–water partition coefficient (Wildman–Crippen LogP) is 0.507. The Morgan fingerprint density at radius 2 is 2.14 bits per heavy atom. The lowest BCUT2D eigenvalue weighted by Crippen LogP contribution is -2.24. The Kier molecular flexibility index (Phi) is 4.75. The van der Waals surface area contributed by atoms with Crippen molar-refractivity contribution in [3.8, 4) is 11.8 Å².